The van der Waals surface area contributed by atoms with Crippen LogP contribution in [0.4, 0.5) is 0 Å². The third kappa shape index (κ3) is 1.91. The average Bonchev–Trinajstić information content (AvgIpc) is 3.17. The van der Waals surface area contributed by atoms with Crippen LogP contribution >= 0.6 is 15.9 Å². The number of epoxide rings is 1. The number of ether oxygens (including phenoxy) is 2. The second-order valence-corrected chi connectivity index (χ2v) is 5.59. The molecule has 96 valence electrons. The lowest BCUT2D eigenvalue weighted by molar-refractivity contribution is 0.265. The zero-order valence-corrected chi connectivity index (χ0v) is 11.7. The number of para-hydroxylation sites is 1. The molecule has 0 aliphatic carbocycles. The molecule has 1 aromatic heterocycles. The average molecular weight is 318 g/mol. The molecule has 1 N–H and O–H groups in total. The highest BCUT2D eigenvalue weighted by Gasteiger charge is 2.23. The molecule has 3 nitrogen and oxygen atoms in total. The largest absolute Gasteiger partial charge is 0.490 e. The van der Waals surface area contributed by atoms with E-state index in [9.17, 15) is 0 Å². The number of aromatic amines is 1. The molecule has 3 aromatic rings. The van der Waals surface area contributed by atoms with Gasteiger partial charge in [-0.15, -0.1) is 0 Å². The van der Waals surface area contributed by atoms with Crippen molar-refractivity contribution in [1.82, 2.24) is 4.98 Å². The molecule has 2 heterocycles. The minimum absolute atomic E-state index is 0.268. The van der Waals surface area contributed by atoms with Gasteiger partial charge < -0.3 is 14.5 Å². The number of nitrogens with one attached hydrogen (secondary N) is 1. The number of halogens is 1. The summed E-state index contributed by atoms with van der Waals surface area (Å²) >= 11 is 3.59. The molecule has 2 aromatic carbocycles. The van der Waals surface area contributed by atoms with Crippen molar-refractivity contribution in [2.45, 2.75) is 6.10 Å². The maximum atomic E-state index is 5.90. The van der Waals surface area contributed by atoms with E-state index in [4.69, 9.17) is 9.47 Å². The van der Waals surface area contributed by atoms with Crippen LogP contribution in [0.15, 0.2) is 40.9 Å². The molecular formula is C15H12BrNO2. The summed E-state index contributed by atoms with van der Waals surface area (Å²) < 4.78 is 12.1. The Morgan fingerprint density at radius 1 is 1.26 bits per heavy atom. The lowest BCUT2D eigenvalue weighted by Gasteiger charge is -2.07. The number of rotatable bonds is 3. The second-order valence-electron chi connectivity index (χ2n) is 4.73. The Morgan fingerprint density at radius 3 is 2.95 bits per heavy atom. The van der Waals surface area contributed by atoms with E-state index in [1.165, 1.54) is 5.39 Å². The summed E-state index contributed by atoms with van der Waals surface area (Å²) in [6, 6.07) is 12.3. The van der Waals surface area contributed by atoms with E-state index in [1.807, 2.05) is 24.3 Å². The van der Waals surface area contributed by atoms with Crippen LogP contribution in [0, 0.1) is 0 Å². The standard InChI is InChI=1S/C15H12BrNO2/c16-11-5-6-13(19-8-9-7-18-9)14-10-3-1-2-4-12(10)17-15(11)14/h1-6,9,17H,7-8H2/t9-/m0/s1. The van der Waals surface area contributed by atoms with Crippen molar-refractivity contribution in [2.75, 3.05) is 13.2 Å². The first-order valence-electron chi connectivity index (χ1n) is 6.26. The van der Waals surface area contributed by atoms with E-state index in [2.05, 4.69) is 33.0 Å². The van der Waals surface area contributed by atoms with Crippen LogP contribution in [0.5, 0.6) is 5.75 Å². The molecule has 1 aliphatic rings. The first-order valence-corrected chi connectivity index (χ1v) is 7.05. The first kappa shape index (κ1) is 11.3. The maximum Gasteiger partial charge on any atom is 0.129 e. The summed E-state index contributed by atoms with van der Waals surface area (Å²) in [6.07, 6.45) is 0.268. The monoisotopic (exact) mass is 317 g/mol. The highest BCUT2D eigenvalue weighted by Crippen LogP contribution is 2.37. The Morgan fingerprint density at radius 2 is 2.11 bits per heavy atom. The fourth-order valence-electron chi connectivity index (χ4n) is 2.36. The van der Waals surface area contributed by atoms with Gasteiger partial charge in [-0.05, 0) is 34.1 Å². The number of hydrogen-bond donors (Lipinski definition) is 1. The number of hydrogen-bond acceptors (Lipinski definition) is 2. The van der Waals surface area contributed by atoms with Crippen molar-refractivity contribution in [3.8, 4) is 5.75 Å². The minimum Gasteiger partial charge on any atom is -0.490 e. The summed E-state index contributed by atoms with van der Waals surface area (Å²) in [4.78, 5) is 3.43. The van der Waals surface area contributed by atoms with Gasteiger partial charge in [0.15, 0.2) is 0 Å². The Kier molecular flexibility index (Phi) is 2.53. The molecule has 4 rings (SSSR count). The Bertz CT molecular complexity index is 761. The van der Waals surface area contributed by atoms with Crippen molar-refractivity contribution in [3.63, 3.8) is 0 Å². The van der Waals surface area contributed by atoms with E-state index < -0.39 is 0 Å². The second kappa shape index (κ2) is 4.25. The number of benzene rings is 2. The lowest BCUT2D eigenvalue weighted by Crippen LogP contribution is -2.04. The molecular weight excluding hydrogens is 306 g/mol. The molecule has 19 heavy (non-hydrogen) atoms. The highest BCUT2D eigenvalue weighted by atomic mass is 79.9. The van der Waals surface area contributed by atoms with Gasteiger partial charge in [0.25, 0.3) is 0 Å². The summed E-state index contributed by atoms with van der Waals surface area (Å²) in [5.74, 6) is 0.908. The van der Waals surface area contributed by atoms with Gasteiger partial charge in [0.1, 0.15) is 18.5 Å². The highest BCUT2D eigenvalue weighted by molar-refractivity contribution is 9.10. The maximum absolute atomic E-state index is 5.90. The first-order chi connectivity index (χ1) is 9.33. The van der Waals surface area contributed by atoms with E-state index in [-0.39, 0.29) is 6.10 Å². The predicted octanol–water partition coefficient (Wildman–Crippen LogP) is 3.86. The van der Waals surface area contributed by atoms with Crippen molar-refractivity contribution < 1.29 is 9.47 Å². The van der Waals surface area contributed by atoms with Gasteiger partial charge in [0, 0.05) is 15.4 Å². The molecule has 0 bridgehead atoms. The zero-order valence-electron chi connectivity index (χ0n) is 10.2. The quantitative estimate of drug-likeness (QED) is 0.745. The van der Waals surface area contributed by atoms with E-state index in [1.54, 1.807) is 0 Å². The van der Waals surface area contributed by atoms with Gasteiger partial charge in [-0.1, -0.05) is 18.2 Å². The fourth-order valence-corrected chi connectivity index (χ4v) is 2.79. The molecule has 0 unspecified atom stereocenters. The van der Waals surface area contributed by atoms with E-state index >= 15 is 0 Å². The smallest absolute Gasteiger partial charge is 0.129 e. The minimum atomic E-state index is 0.268. The van der Waals surface area contributed by atoms with Crippen molar-refractivity contribution >= 4 is 37.7 Å². The van der Waals surface area contributed by atoms with E-state index in [0.29, 0.717) is 6.61 Å². The Balaban J connectivity index is 1.93. The number of aromatic nitrogens is 1. The van der Waals surface area contributed by atoms with Crippen LogP contribution in [-0.4, -0.2) is 24.3 Å². The van der Waals surface area contributed by atoms with Gasteiger partial charge in [0.2, 0.25) is 0 Å². The summed E-state index contributed by atoms with van der Waals surface area (Å²) in [5, 5.41) is 2.32. The summed E-state index contributed by atoms with van der Waals surface area (Å²) in [5.41, 5.74) is 2.20. The molecule has 0 saturated carbocycles. The SMILES string of the molecule is Brc1ccc(OC[C@@H]2CO2)c2c1[nH]c1ccccc12. The van der Waals surface area contributed by atoms with Gasteiger partial charge in [-0.25, -0.2) is 0 Å². The van der Waals surface area contributed by atoms with Crippen LogP contribution in [-0.2, 0) is 4.74 Å². The molecule has 1 aliphatic heterocycles. The van der Waals surface area contributed by atoms with Crippen LogP contribution in [0.1, 0.15) is 0 Å². The predicted molar refractivity (Wildman–Crippen MR) is 78.7 cm³/mol. The molecule has 0 radical (unpaired) electrons. The van der Waals surface area contributed by atoms with E-state index in [0.717, 1.165) is 33.2 Å². The van der Waals surface area contributed by atoms with Crippen LogP contribution in [0.3, 0.4) is 0 Å². The summed E-state index contributed by atoms with van der Waals surface area (Å²) in [7, 11) is 0. The van der Waals surface area contributed by atoms with Crippen molar-refractivity contribution in [1.29, 1.82) is 0 Å². The van der Waals surface area contributed by atoms with Gasteiger partial charge in [0.05, 0.1) is 17.5 Å². The zero-order chi connectivity index (χ0) is 12.8. The topological polar surface area (TPSA) is 37.5 Å². The molecule has 1 saturated heterocycles. The molecule has 1 atom stereocenters. The van der Waals surface area contributed by atoms with Crippen LogP contribution in [0.25, 0.3) is 21.8 Å². The third-order valence-corrected chi connectivity index (χ3v) is 4.06. The van der Waals surface area contributed by atoms with Crippen molar-refractivity contribution in [2.24, 2.45) is 0 Å². The lowest BCUT2D eigenvalue weighted by atomic mass is 10.1. The van der Waals surface area contributed by atoms with Gasteiger partial charge in [-0.3, -0.25) is 0 Å². The number of H-pyrrole nitrogens is 1. The number of fused-ring (bicyclic) bond motifs is 3. The van der Waals surface area contributed by atoms with Gasteiger partial charge in [-0.2, -0.15) is 0 Å². The third-order valence-electron chi connectivity index (χ3n) is 3.40. The normalized spacial score (nSPS) is 18.1. The Hall–Kier alpha value is -1.52. The van der Waals surface area contributed by atoms with Crippen molar-refractivity contribution in [3.05, 3.63) is 40.9 Å². The molecule has 4 heteroatoms. The molecule has 0 amide bonds. The Labute approximate surface area is 118 Å². The summed E-state index contributed by atoms with van der Waals surface area (Å²) in [6.45, 7) is 1.43. The molecule has 0 spiro atoms. The fraction of sp³-hybridized carbons (Fsp3) is 0.200. The molecule has 1 fully saturated rings. The van der Waals surface area contributed by atoms with Crippen LogP contribution in [0.2, 0.25) is 0 Å². The van der Waals surface area contributed by atoms with Gasteiger partial charge >= 0.3 is 0 Å². The van der Waals surface area contributed by atoms with Crippen LogP contribution < -0.4 is 4.74 Å².